The third-order valence-corrected chi connectivity index (χ3v) is 5.58. The van der Waals surface area contributed by atoms with E-state index in [2.05, 4.69) is 4.98 Å². The normalized spacial score (nSPS) is 19.6. The number of nitrogens with zero attached hydrogens (tertiary/aromatic N) is 1. The molecule has 2 aromatic rings. The van der Waals surface area contributed by atoms with Gasteiger partial charge in [-0.15, -0.1) is 0 Å². The fraction of sp³-hybridized carbons (Fsp3) is 0.522. The van der Waals surface area contributed by atoms with E-state index >= 15 is 0 Å². The lowest BCUT2D eigenvalue weighted by atomic mass is 9.82. The summed E-state index contributed by atoms with van der Waals surface area (Å²) in [6.45, 7) is 5.99. The third kappa shape index (κ3) is 5.05. The number of esters is 2. The minimum atomic E-state index is -0.851. The van der Waals surface area contributed by atoms with Crippen LogP contribution in [0.2, 0.25) is 0 Å². The number of rotatable bonds is 7. The lowest BCUT2D eigenvalue weighted by molar-refractivity contribution is -0.151. The van der Waals surface area contributed by atoms with Gasteiger partial charge in [0.05, 0.1) is 18.2 Å². The van der Waals surface area contributed by atoms with Crippen LogP contribution in [0.15, 0.2) is 41.0 Å². The van der Waals surface area contributed by atoms with Crippen LogP contribution in [0, 0.1) is 5.92 Å². The van der Waals surface area contributed by atoms with Gasteiger partial charge in [-0.25, -0.2) is 4.98 Å². The molecule has 0 unspecified atom stereocenters. The first-order valence-corrected chi connectivity index (χ1v) is 10.3. The molecule has 0 spiro atoms. The summed E-state index contributed by atoms with van der Waals surface area (Å²) in [4.78, 5) is 29.1. The van der Waals surface area contributed by atoms with Crippen molar-refractivity contribution in [2.24, 2.45) is 5.92 Å². The van der Waals surface area contributed by atoms with Gasteiger partial charge in [0.15, 0.2) is 5.89 Å². The average Bonchev–Trinajstić information content (AvgIpc) is 3.24. The summed E-state index contributed by atoms with van der Waals surface area (Å²) in [6, 6.07) is 9.70. The van der Waals surface area contributed by atoms with E-state index in [0.29, 0.717) is 24.8 Å². The molecule has 6 heteroatoms. The molecule has 1 heterocycles. The maximum absolute atomic E-state index is 12.4. The van der Waals surface area contributed by atoms with Gasteiger partial charge in [-0.3, -0.25) is 9.59 Å². The Bertz CT molecular complexity index is 819. The standard InChI is InChI=1S/C23H29NO5/c1-4-27-22(26)23(2,3)19-15-28-20(24-19)17-10-12-18(13-11-17)21(25)29-14-16-8-6-5-7-9-16/h5-9,15,17-18H,4,10-14H2,1-3H3. The van der Waals surface area contributed by atoms with E-state index in [1.54, 1.807) is 27.0 Å². The van der Waals surface area contributed by atoms with Gasteiger partial charge in [0.25, 0.3) is 0 Å². The van der Waals surface area contributed by atoms with Crippen molar-refractivity contribution >= 4 is 11.9 Å². The SMILES string of the molecule is CCOC(=O)C(C)(C)c1coc(C2CCC(C(=O)OCc3ccccc3)CC2)n1. The Morgan fingerprint density at radius 1 is 1.10 bits per heavy atom. The molecule has 0 saturated heterocycles. The van der Waals surface area contributed by atoms with Gasteiger partial charge in [-0.05, 0) is 52.0 Å². The molecule has 0 aliphatic heterocycles. The van der Waals surface area contributed by atoms with Gasteiger partial charge in [-0.1, -0.05) is 30.3 Å². The van der Waals surface area contributed by atoms with E-state index in [1.165, 1.54) is 0 Å². The highest BCUT2D eigenvalue weighted by molar-refractivity contribution is 5.81. The van der Waals surface area contributed by atoms with Crippen molar-refractivity contribution in [2.75, 3.05) is 6.61 Å². The molecule has 0 atom stereocenters. The smallest absolute Gasteiger partial charge is 0.317 e. The summed E-state index contributed by atoms with van der Waals surface area (Å²) in [5, 5.41) is 0. The van der Waals surface area contributed by atoms with Crippen molar-refractivity contribution in [3.63, 3.8) is 0 Å². The number of carbonyl (C=O) groups excluding carboxylic acids is 2. The topological polar surface area (TPSA) is 78.6 Å². The van der Waals surface area contributed by atoms with E-state index in [1.807, 2.05) is 30.3 Å². The molecule has 156 valence electrons. The van der Waals surface area contributed by atoms with Gasteiger partial charge in [0.2, 0.25) is 0 Å². The van der Waals surface area contributed by atoms with Crippen LogP contribution in [0.4, 0.5) is 0 Å². The Labute approximate surface area is 171 Å². The Balaban J connectivity index is 1.52. The van der Waals surface area contributed by atoms with E-state index in [0.717, 1.165) is 31.2 Å². The number of benzene rings is 1. The Hall–Kier alpha value is -2.63. The molecule has 6 nitrogen and oxygen atoms in total. The van der Waals surface area contributed by atoms with Crippen LogP contribution in [0.1, 0.15) is 69.5 Å². The maximum Gasteiger partial charge on any atom is 0.317 e. The Morgan fingerprint density at radius 2 is 1.79 bits per heavy atom. The predicted molar refractivity (Wildman–Crippen MR) is 107 cm³/mol. The summed E-state index contributed by atoms with van der Waals surface area (Å²) in [5.41, 5.74) is 0.720. The summed E-state index contributed by atoms with van der Waals surface area (Å²) >= 11 is 0. The van der Waals surface area contributed by atoms with Crippen LogP contribution in [0.3, 0.4) is 0 Å². The first kappa shape index (κ1) is 21.1. The highest BCUT2D eigenvalue weighted by Crippen LogP contribution is 2.37. The van der Waals surface area contributed by atoms with Crippen LogP contribution in [0.25, 0.3) is 0 Å². The second kappa shape index (κ2) is 9.25. The molecule has 0 radical (unpaired) electrons. The Kier molecular flexibility index (Phi) is 6.72. The summed E-state index contributed by atoms with van der Waals surface area (Å²) < 4.78 is 16.3. The molecule has 1 aromatic carbocycles. The lowest BCUT2D eigenvalue weighted by Crippen LogP contribution is -2.31. The van der Waals surface area contributed by atoms with Crippen LogP contribution in [-0.2, 0) is 31.1 Å². The number of ether oxygens (including phenoxy) is 2. The molecule has 29 heavy (non-hydrogen) atoms. The fourth-order valence-corrected chi connectivity index (χ4v) is 3.60. The molecule has 1 fully saturated rings. The zero-order valence-corrected chi connectivity index (χ0v) is 17.3. The largest absolute Gasteiger partial charge is 0.465 e. The van der Waals surface area contributed by atoms with Crippen LogP contribution >= 0.6 is 0 Å². The van der Waals surface area contributed by atoms with E-state index in [-0.39, 0.29) is 23.8 Å². The number of hydrogen-bond acceptors (Lipinski definition) is 6. The van der Waals surface area contributed by atoms with E-state index < -0.39 is 5.41 Å². The van der Waals surface area contributed by atoms with E-state index in [4.69, 9.17) is 13.9 Å². The molecule has 0 N–H and O–H groups in total. The van der Waals surface area contributed by atoms with Crippen LogP contribution in [-0.4, -0.2) is 23.5 Å². The van der Waals surface area contributed by atoms with Crippen molar-refractivity contribution in [1.29, 1.82) is 0 Å². The molecule has 0 bridgehead atoms. The summed E-state index contributed by atoms with van der Waals surface area (Å²) in [7, 11) is 0. The third-order valence-electron chi connectivity index (χ3n) is 5.58. The lowest BCUT2D eigenvalue weighted by Gasteiger charge is -2.25. The Morgan fingerprint density at radius 3 is 2.45 bits per heavy atom. The average molecular weight is 399 g/mol. The minimum Gasteiger partial charge on any atom is -0.465 e. The maximum atomic E-state index is 12.4. The van der Waals surface area contributed by atoms with Gasteiger partial charge in [0.1, 0.15) is 18.3 Å². The van der Waals surface area contributed by atoms with Crippen molar-refractivity contribution in [1.82, 2.24) is 4.98 Å². The number of aromatic nitrogens is 1. The quantitative estimate of drug-likeness (QED) is 0.637. The number of hydrogen-bond donors (Lipinski definition) is 0. The van der Waals surface area contributed by atoms with E-state index in [9.17, 15) is 9.59 Å². The highest BCUT2D eigenvalue weighted by Gasteiger charge is 2.36. The monoisotopic (exact) mass is 399 g/mol. The van der Waals surface area contributed by atoms with Crippen molar-refractivity contribution in [3.05, 3.63) is 53.7 Å². The molecule has 1 aliphatic carbocycles. The van der Waals surface area contributed by atoms with Gasteiger partial charge in [0, 0.05) is 5.92 Å². The van der Waals surface area contributed by atoms with Gasteiger partial charge in [-0.2, -0.15) is 0 Å². The second-order valence-corrected chi connectivity index (χ2v) is 8.06. The first-order chi connectivity index (χ1) is 13.9. The molecule has 1 aromatic heterocycles. The fourth-order valence-electron chi connectivity index (χ4n) is 3.60. The molecular formula is C23H29NO5. The zero-order valence-electron chi connectivity index (χ0n) is 17.3. The number of carbonyl (C=O) groups is 2. The minimum absolute atomic E-state index is 0.0830. The van der Waals surface area contributed by atoms with Crippen molar-refractivity contribution < 1.29 is 23.5 Å². The number of oxazole rings is 1. The molecular weight excluding hydrogens is 370 g/mol. The molecule has 1 saturated carbocycles. The summed E-state index contributed by atoms with van der Waals surface area (Å²) in [5.74, 6) is 0.252. The zero-order chi connectivity index (χ0) is 20.9. The van der Waals surface area contributed by atoms with Crippen LogP contribution in [0.5, 0.6) is 0 Å². The second-order valence-electron chi connectivity index (χ2n) is 8.06. The first-order valence-electron chi connectivity index (χ1n) is 10.3. The molecule has 3 rings (SSSR count). The molecule has 1 aliphatic rings. The predicted octanol–water partition coefficient (Wildman–Crippen LogP) is 4.53. The summed E-state index contributed by atoms with van der Waals surface area (Å²) in [6.07, 6.45) is 4.66. The highest BCUT2D eigenvalue weighted by atomic mass is 16.5. The van der Waals surface area contributed by atoms with Crippen molar-refractivity contribution in [3.8, 4) is 0 Å². The van der Waals surface area contributed by atoms with Crippen molar-refractivity contribution in [2.45, 2.75) is 64.4 Å². The van der Waals surface area contributed by atoms with Gasteiger partial charge < -0.3 is 13.9 Å². The molecule has 0 amide bonds. The van der Waals surface area contributed by atoms with Gasteiger partial charge >= 0.3 is 11.9 Å². The van der Waals surface area contributed by atoms with Crippen LogP contribution < -0.4 is 0 Å².